The fourth-order valence-corrected chi connectivity index (χ4v) is 3.76. The topological polar surface area (TPSA) is 122 Å². The van der Waals surface area contributed by atoms with E-state index in [4.69, 9.17) is 4.52 Å². The van der Waals surface area contributed by atoms with Crippen LogP contribution in [0.15, 0.2) is 65.2 Å². The average Bonchev–Trinajstić information content (AvgIpc) is 3.45. The summed E-state index contributed by atoms with van der Waals surface area (Å²) >= 11 is 0. The number of hydrogen-bond donors (Lipinski definition) is 3. The van der Waals surface area contributed by atoms with E-state index in [1.807, 2.05) is 0 Å². The van der Waals surface area contributed by atoms with Crippen molar-refractivity contribution in [1.82, 2.24) is 24.9 Å². The molecule has 1 aromatic heterocycles. The maximum atomic E-state index is 13.5. The van der Waals surface area contributed by atoms with Gasteiger partial charge in [0.05, 0.1) is 23.5 Å². The molecule has 9 nitrogen and oxygen atoms in total. The van der Waals surface area contributed by atoms with Crippen LogP contribution >= 0.6 is 0 Å². The van der Waals surface area contributed by atoms with Crippen molar-refractivity contribution in [3.8, 4) is 22.6 Å². The molecule has 0 saturated heterocycles. The van der Waals surface area contributed by atoms with Crippen molar-refractivity contribution >= 4 is 5.95 Å². The number of aliphatic hydroxyl groups excluding tert-OH is 1. The third-order valence-corrected chi connectivity index (χ3v) is 5.60. The Balaban J connectivity index is 1.37. The molecule has 5 rings (SSSR count). The van der Waals surface area contributed by atoms with E-state index in [9.17, 15) is 36.6 Å². The van der Waals surface area contributed by atoms with Crippen LogP contribution in [0.4, 0.5) is 32.3 Å². The number of hydrogen-bond acceptors (Lipinski definition) is 8. The zero-order chi connectivity index (χ0) is 27.3. The number of allylic oxidation sites excluding steroid dienone is 1. The molecule has 1 aromatic carbocycles. The molecule has 0 radical (unpaired) electrons. The van der Waals surface area contributed by atoms with Crippen molar-refractivity contribution in [2.24, 2.45) is 0 Å². The van der Waals surface area contributed by atoms with Gasteiger partial charge in [-0.15, -0.1) is 0 Å². The second kappa shape index (κ2) is 8.86. The van der Waals surface area contributed by atoms with Gasteiger partial charge in [0.15, 0.2) is 11.5 Å². The Morgan fingerprint density at radius 1 is 1.03 bits per heavy atom. The summed E-state index contributed by atoms with van der Waals surface area (Å²) in [6, 6.07) is 2.45. The number of aromatic nitrogens is 5. The molecule has 0 bridgehead atoms. The van der Waals surface area contributed by atoms with Crippen LogP contribution in [0, 0.1) is 0 Å². The fraction of sp³-hybridized carbons (Fsp3) is 0.217. The van der Waals surface area contributed by atoms with Crippen LogP contribution in [0.25, 0.3) is 22.6 Å². The summed E-state index contributed by atoms with van der Waals surface area (Å²) in [5, 5.41) is 30.5. The molecule has 15 heteroatoms. The third-order valence-electron chi connectivity index (χ3n) is 5.60. The molecule has 2 aliphatic heterocycles. The molecule has 3 N–H and O–H groups in total. The van der Waals surface area contributed by atoms with Gasteiger partial charge in [-0.25, -0.2) is 9.97 Å². The minimum Gasteiger partial charge on any atom is -0.508 e. The maximum Gasteiger partial charge on any atom is 0.417 e. The van der Waals surface area contributed by atoms with Crippen LogP contribution < -0.4 is 5.32 Å². The van der Waals surface area contributed by atoms with E-state index in [0.717, 1.165) is 0 Å². The summed E-state index contributed by atoms with van der Waals surface area (Å²) < 4.78 is 85.8. The highest BCUT2D eigenvalue weighted by Crippen LogP contribution is 2.40. The summed E-state index contributed by atoms with van der Waals surface area (Å²) in [5.74, 6) is 0.181. The van der Waals surface area contributed by atoms with Gasteiger partial charge in [-0.1, -0.05) is 11.2 Å². The SMILES string of the molecule is OC1=CCC(O)(Nc2nc3cnn(Cc4cc(-c5ccc(C(F)(F)F)cc5C(F)(F)F)no4)cc-3n2)C=C1. The summed E-state index contributed by atoms with van der Waals surface area (Å²) in [7, 11) is 0. The zero-order valence-electron chi connectivity index (χ0n) is 18.9. The van der Waals surface area contributed by atoms with E-state index in [1.54, 1.807) is 0 Å². The highest BCUT2D eigenvalue weighted by atomic mass is 19.4. The predicted octanol–water partition coefficient (Wildman–Crippen LogP) is 5.02. The number of anilines is 1. The van der Waals surface area contributed by atoms with Gasteiger partial charge in [-0.05, 0) is 30.4 Å². The van der Waals surface area contributed by atoms with Gasteiger partial charge in [0.2, 0.25) is 5.95 Å². The van der Waals surface area contributed by atoms with Gasteiger partial charge in [0, 0.05) is 18.1 Å². The van der Waals surface area contributed by atoms with Crippen molar-refractivity contribution in [1.29, 1.82) is 0 Å². The number of nitrogens with one attached hydrogen (secondary N) is 1. The number of alkyl halides is 6. The minimum atomic E-state index is -5.06. The molecule has 0 spiro atoms. The van der Waals surface area contributed by atoms with Crippen LogP contribution in [-0.4, -0.2) is 40.8 Å². The normalized spacial score (nSPS) is 18.1. The summed E-state index contributed by atoms with van der Waals surface area (Å²) in [6.45, 7) is -0.0860. The van der Waals surface area contributed by atoms with E-state index in [1.165, 1.54) is 41.4 Å². The standard InChI is InChI=1S/C23H16F6N6O3/c24-22(25,26)12-1-2-15(16(7-12)23(27,28)29)17-8-14(38-34-17)10-35-11-19-18(9-30-35)31-20(32-19)33-21(37)5-3-13(36)4-6-21/h1-5,7-9,11,36-37H,6,10H2,(H,32,33). The molecule has 3 aliphatic rings. The number of fused-ring (bicyclic) bond motifs is 1. The minimum absolute atomic E-state index is 0.0128. The molecule has 38 heavy (non-hydrogen) atoms. The Morgan fingerprint density at radius 3 is 2.47 bits per heavy atom. The predicted molar refractivity (Wildman–Crippen MR) is 119 cm³/mol. The number of nitrogens with zero attached hydrogens (tertiary/aromatic N) is 5. The number of benzene rings is 1. The van der Waals surface area contributed by atoms with Crippen LogP contribution in [0.5, 0.6) is 0 Å². The largest absolute Gasteiger partial charge is 0.508 e. The summed E-state index contributed by atoms with van der Waals surface area (Å²) in [6.07, 6.45) is -3.00. The average molecular weight is 538 g/mol. The Morgan fingerprint density at radius 2 is 1.79 bits per heavy atom. The number of rotatable bonds is 5. The van der Waals surface area contributed by atoms with Crippen molar-refractivity contribution in [3.05, 3.63) is 77.5 Å². The van der Waals surface area contributed by atoms with Crippen LogP contribution in [0.2, 0.25) is 0 Å². The number of halogens is 6. The lowest BCUT2D eigenvalue weighted by atomic mass is 10.0. The second-order valence-corrected chi connectivity index (χ2v) is 8.44. The molecule has 0 amide bonds. The molecular formula is C23H16F6N6O3. The first-order valence-corrected chi connectivity index (χ1v) is 10.8. The van der Waals surface area contributed by atoms with Crippen LogP contribution in [0.1, 0.15) is 23.3 Å². The van der Waals surface area contributed by atoms with Gasteiger partial charge in [0.25, 0.3) is 0 Å². The van der Waals surface area contributed by atoms with Gasteiger partial charge < -0.3 is 20.1 Å². The number of aliphatic hydroxyl groups is 2. The molecule has 0 saturated carbocycles. The van der Waals surface area contributed by atoms with Crippen LogP contribution in [-0.2, 0) is 18.9 Å². The smallest absolute Gasteiger partial charge is 0.417 e. The maximum absolute atomic E-state index is 13.5. The van der Waals surface area contributed by atoms with E-state index in [2.05, 4.69) is 25.5 Å². The molecule has 1 atom stereocenters. The van der Waals surface area contributed by atoms with Gasteiger partial charge in [-0.3, -0.25) is 4.68 Å². The Hall–Kier alpha value is -4.40. The lowest BCUT2D eigenvalue weighted by Gasteiger charge is -2.26. The number of imidazole rings is 1. The molecule has 1 aliphatic carbocycles. The van der Waals surface area contributed by atoms with E-state index in [-0.39, 0.29) is 42.2 Å². The molecule has 3 heterocycles. The van der Waals surface area contributed by atoms with Crippen molar-refractivity contribution in [2.75, 3.05) is 5.32 Å². The highest BCUT2D eigenvalue weighted by Gasteiger charge is 2.39. The molecule has 198 valence electrons. The fourth-order valence-electron chi connectivity index (χ4n) is 3.76. The van der Waals surface area contributed by atoms with E-state index in [0.29, 0.717) is 23.5 Å². The summed E-state index contributed by atoms with van der Waals surface area (Å²) in [5.41, 5.74) is -4.55. The first-order valence-electron chi connectivity index (χ1n) is 10.8. The molecule has 0 fully saturated rings. The second-order valence-electron chi connectivity index (χ2n) is 8.44. The quantitative estimate of drug-likeness (QED) is 0.239. The third kappa shape index (κ3) is 5.18. The monoisotopic (exact) mass is 538 g/mol. The first kappa shape index (κ1) is 25.3. The van der Waals surface area contributed by atoms with E-state index < -0.39 is 34.8 Å². The van der Waals surface area contributed by atoms with Gasteiger partial charge in [0.1, 0.15) is 29.4 Å². The Kier molecular flexibility index (Phi) is 5.89. The molecular weight excluding hydrogens is 522 g/mol. The highest BCUT2D eigenvalue weighted by molar-refractivity contribution is 5.65. The van der Waals surface area contributed by atoms with Crippen LogP contribution in [0.3, 0.4) is 0 Å². The zero-order valence-corrected chi connectivity index (χ0v) is 18.9. The summed E-state index contributed by atoms with van der Waals surface area (Å²) in [4.78, 5) is 8.49. The Bertz CT molecular complexity index is 1520. The van der Waals surface area contributed by atoms with Gasteiger partial charge in [-0.2, -0.15) is 31.4 Å². The Labute approximate surface area is 209 Å². The first-order chi connectivity index (χ1) is 17.8. The molecule has 2 aromatic rings. The van der Waals surface area contributed by atoms with Crippen molar-refractivity contribution < 1.29 is 41.1 Å². The lowest BCUT2D eigenvalue weighted by molar-refractivity contribution is -0.142. The van der Waals surface area contributed by atoms with Crippen molar-refractivity contribution in [2.45, 2.75) is 31.0 Å². The lowest BCUT2D eigenvalue weighted by Crippen LogP contribution is -2.36. The van der Waals surface area contributed by atoms with Gasteiger partial charge >= 0.3 is 12.4 Å². The molecule has 1 unspecified atom stereocenters. The van der Waals surface area contributed by atoms with E-state index >= 15 is 0 Å². The van der Waals surface area contributed by atoms with Crippen molar-refractivity contribution in [3.63, 3.8) is 0 Å².